The van der Waals surface area contributed by atoms with Crippen molar-refractivity contribution in [2.45, 2.75) is 18.4 Å². The number of fused-ring (bicyclic) bond motifs is 2. The van der Waals surface area contributed by atoms with Crippen molar-refractivity contribution in [3.8, 4) is 5.75 Å². The van der Waals surface area contributed by atoms with Crippen molar-refractivity contribution in [2.75, 3.05) is 26.7 Å². The topological polar surface area (TPSA) is 79.0 Å². The number of amides is 4. The fourth-order valence-electron chi connectivity index (χ4n) is 3.95. The van der Waals surface area contributed by atoms with E-state index in [-0.39, 0.29) is 25.0 Å². The monoisotopic (exact) mass is 427 g/mol. The molecule has 2 aromatic carbocycles. The number of rotatable bonds is 6. The van der Waals surface area contributed by atoms with Crippen molar-refractivity contribution in [3.63, 3.8) is 0 Å². The molecule has 2 aliphatic rings. The molecule has 0 saturated carbocycles. The zero-order valence-corrected chi connectivity index (χ0v) is 17.3. The molecule has 7 nitrogen and oxygen atoms in total. The molecule has 30 heavy (non-hydrogen) atoms. The molecule has 1 N–H and O–H groups in total. The molecule has 1 fully saturated rings. The van der Waals surface area contributed by atoms with Crippen LogP contribution < -0.4 is 10.1 Å². The van der Waals surface area contributed by atoms with Gasteiger partial charge in [-0.05, 0) is 48.2 Å². The Morgan fingerprint density at radius 2 is 1.93 bits per heavy atom. The van der Waals surface area contributed by atoms with Gasteiger partial charge < -0.3 is 15.0 Å². The maximum absolute atomic E-state index is 13.1. The van der Waals surface area contributed by atoms with Crippen LogP contribution in [0.4, 0.5) is 4.79 Å². The molecule has 156 valence electrons. The zero-order valence-electron chi connectivity index (χ0n) is 16.6. The fraction of sp³-hybridized carbons (Fsp3) is 0.318. The molecule has 1 atom stereocenters. The Morgan fingerprint density at radius 3 is 2.70 bits per heavy atom. The predicted molar refractivity (Wildman–Crippen MR) is 111 cm³/mol. The Kier molecular flexibility index (Phi) is 5.39. The Bertz CT molecular complexity index is 994. The van der Waals surface area contributed by atoms with Crippen molar-refractivity contribution in [1.29, 1.82) is 0 Å². The average Bonchev–Trinajstić information content (AvgIpc) is 3.22. The van der Waals surface area contributed by atoms with Gasteiger partial charge in [-0.3, -0.25) is 14.5 Å². The average molecular weight is 428 g/mol. The van der Waals surface area contributed by atoms with Crippen LogP contribution in [0.3, 0.4) is 0 Å². The fourth-order valence-corrected chi connectivity index (χ4v) is 4.07. The van der Waals surface area contributed by atoms with Gasteiger partial charge in [-0.1, -0.05) is 35.9 Å². The van der Waals surface area contributed by atoms with Gasteiger partial charge in [0, 0.05) is 12.1 Å². The molecular formula is C22H22ClN3O4. The second-order valence-electron chi connectivity index (χ2n) is 7.50. The summed E-state index contributed by atoms with van der Waals surface area (Å²) in [6.07, 6.45) is 1.22. The van der Waals surface area contributed by atoms with E-state index < -0.39 is 11.6 Å². The van der Waals surface area contributed by atoms with Crippen LogP contribution >= 0.6 is 11.6 Å². The number of nitrogens with zero attached hydrogens (tertiary/aromatic N) is 2. The van der Waals surface area contributed by atoms with E-state index in [2.05, 4.69) is 5.32 Å². The first kappa shape index (κ1) is 20.2. The third-order valence-electron chi connectivity index (χ3n) is 5.65. The van der Waals surface area contributed by atoms with Gasteiger partial charge in [-0.25, -0.2) is 4.79 Å². The number of aryl methyl sites for hydroxylation is 1. The summed E-state index contributed by atoms with van der Waals surface area (Å²) in [4.78, 5) is 40.7. The second kappa shape index (κ2) is 7.99. The van der Waals surface area contributed by atoms with E-state index in [0.717, 1.165) is 16.0 Å². The van der Waals surface area contributed by atoms with Crippen molar-refractivity contribution >= 4 is 29.4 Å². The van der Waals surface area contributed by atoms with E-state index in [0.29, 0.717) is 30.2 Å². The normalized spacial score (nSPS) is 19.7. The summed E-state index contributed by atoms with van der Waals surface area (Å²) in [6.45, 7) is 0.298. The highest BCUT2D eigenvalue weighted by Gasteiger charge is 2.55. The molecule has 2 aromatic rings. The number of urea groups is 1. The SMILES string of the molecule is CN(CCOc1ccc(Cl)cc1)C(=O)CN1C(=O)N[C@@]2(CCc3ccccc32)C1=O. The zero-order chi connectivity index (χ0) is 21.3. The van der Waals surface area contributed by atoms with E-state index >= 15 is 0 Å². The Balaban J connectivity index is 1.36. The number of benzene rings is 2. The molecule has 1 heterocycles. The highest BCUT2D eigenvalue weighted by Crippen LogP contribution is 2.41. The van der Waals surface area contributed by atoms with Gasteiger partial charge in [0.1, 0.15) is 24.4 Å². The summed E-state index contributed by atoms with van der Waals surface area (Å²) in [5.74, 6) is -0.0469. The molecule has 1 aliphatic heterocycles. The van der Waals surface area contributed by atoms with E-state index in [1.165, 1.54) is 4.90 Å². The van der Waals surface area contributed by atoms with Crippen molar-refractivity contribution in [1.82, 2.24) is 15.1 Å². The van der Waals surface area contributed by atoms with Crippen LogP contribution in [0, 0.1) is 0 Å². The highest BCUT2D eigenvalue weighted by molar-refractivity contribution is 6.30. The van der Waals surface area contributed by atoms with Gasteiger partial charge >= 0.3 is 6.03 Å². The first-order chi connectivity index (χ1) is 14.4. The summed E-state index contributed by atoms with van der Waals surface area (Å²) >= 11 is 5.84. The van der Waals surface area contributed by atoms with Gasteiger partial charge in [0.2, 0.25) is 5.91 Å². The van der Waals surface area contributed by atoms with Crippen LogP contribution in [0.25, 0.3) is 0 Å². The molecule has 8 heteroatoms. The Labute approximate surface area is 179 Å². The van der Waals surface area contributed by atoms with Crippen LogP contribution in [0.15, 0.2) is 48.5 Å². The third-order valence-corrected chi connectivity index (χ3v) is 5.90. The number of hydrogen-bond acceptors (Lipinski definition) is 4. The van der Waals surface area contributed by atoms with Crippen LogP contribution in [0.5, 0.6) is 5.75 Å². The maximum Gasteiger partial charge on any atom is 0.325 e. The van der Waals surface area contributed by atoms with Gasteiger partial charge in [0.05, 0.1) is 6.54 Å². The molecule has 0 aromatic heterocycles. The number of carbonyl (C=O) groups excluding carboxylic acids is 3. The minimum atomic E-state index is -1.05. The lowest BCUT2D eigenvalue weighted by Crippen LogP contribution is -2.44. The number of halogens is 1. The standard InChI is InChI=1S/C22H22ClN3O4/c1-25(12-13-30-17-8-6-16(23)7-9-17)19(27)14-26-20(28)22(24-21(26)29)11-10-15-4-2-3-5-18(15)22/h2-9H,10-14H2,1H3,(H,24,29)/t22-/m1/s1. The highest BCUT2D eigenvalue weighted by atomic mass is 35.5. The smallest absolute Gasteiger partial charge is 0.325 e. The number of imide groups is 1. The van der Waals surface area contributed by atoms with Gasteiger partial charge in [0.25, 0.3) is 5.91 Å². The lowest BCUT2D eigenvalue weighted by atomic mass is 9.92. The molecular weight excluding hydrogens is 406 g/mol. The van der Waals surface area contributed by atoms with Crippen molar-refractivity contribution in [2.24, 2.45) is 0 Å². The Hall–Kier alpha value is -3.06. The van der Waals surface area contributed by atoms with E-state index in [9.17, 15) is 14.4 Å². The molecule has 0 unspecified atom stereocenters. The molecule has 4 rings (SSSR count). The summed E-state index contributed by atoms with van der Waals surface area (Å²) in [5.41, 5.74) is 0.823. The number of carbonyl (C=O) groups is 3. The summed E-state index contributed by atoms with van der Waals surface area (Å²) in [6, 6.07) is 14.0. The predicted octanol–water partition coefficient (Wildman–Crippen LogP) is 2.57. The molecule has 1 saturated heterocycles. The van der Waals surface area contributed by atoms with Gasteiger partial charge in [-0.2, -0.15) is 0 Å². The summed E-state index contributed by atoms with van der Waals surface area (Å²) in [5, 5.41) is 3.45. The molecule has 0 bridgehead atoms. The quantitative estimate of drug-likeness (QED) is 0.718. The van der Waals surface area contributed by atoms with Crippen LogP contribution in [0.1, 0.15) is 17.5 Å². The molecule has 4 amide bonds. The van der Waals surface area contributed by atoms with Crippen LogP contribution in [-0.2, 0) is 21.5 Å². The minimum absolute atomic E-state index is 0.279. The first-order valence-corrected chi connectivity index (χ1v) is 10.1. The lowest BCUT2D eigenvalue weighted by Gasteiger charge is -2.23. The number of hydrogen-bond donors (Lipinski definition) is 1. The summed E-state index contributed by atoms with van der Waals surface area (Å²) < 4.78 is 5.60. The van der Waals surface area contributed by atoms with E-state index in [1.807, 2.05) is 24.3 Å². The number of likely N-dealkylation sites (N-methyl/N-ethyl adjacent to an activating group) is 1. The second-order valence-corrected chi connectivity index (χ2v) is 7.94. The maximum atomic E-state index is 13.1. The van der Waals surface area contributed by atoms with E-state index in [4.69, 9.17) is 16.3 Å². The molecule has 1 spiro atoms. The molecule has 1 aliphatic carbocycles. The number of ether oxygens (including phenoxy) is 1. The van der Waals surface area contributed by atoms with Gasteiger partial charge in [0.15, 0.2) is 0 Å². The molecule has 0 radical (unpaired) electrons. The largest absolute Gasteiger partial charge is 0.492 e. The first-order valence-electron chi connectivity index (χ1n) is 9.75. The minimum Gasteiger partial charge on any atom is -0.492 e. The van der Waals surface area contributed by atoms with Crippen LogP contribution in [0.2, 0.25) is 5.02 Å². The number of nitrogens with one attached hydrogen (secondary N) is 1. The van der Waals surface area contributed by atoms with Gasteiger partial charge in [-0.15, -0.1) is 0 Å². The third kappa shape index (κ3) is 3.61. The summed E-state index contributed by atoms with van der Waals surface area (Å²) in [7, 11) is 1.62. The lowest BCUT2D eigenvalue weighted by molar-refractivity contribution is -0.138. The Morgan fingerprint density at radius 1 is 1.20 bits per heavy atom. The van der Waals surface area contributed by atoms with Crippen molar-refractivity contribution in [3.05, 3.63) is 64.7 Å². The van der Waals surface area contributed by atoms with Crippen molar-refractivity contribution < 1.29 is 19.1 Å². The van der Waals surface area contributed by atoms with Crippen LogP contribution in [-0.4, -0.2) is 54.4 Å². The van der Waals surface area contributed by atoms with E-state index in [1.54, 1.807) is 31.3 Å².